The Labute approximate surface area is 441 Å². The summed E-state index contributed by atoms with van der Waals surface area (Å²) < 4.78 is 87.0. The van der Waals surface area contributed by atoms with Crippen LogP contribution in [0.25, 0.3) is 21.5 Å². The van der Waals surface area contributed by atoms with Crippen molar-refractivity contribution in [3.05, 3.63) is 156 Å². The number of nitrogens with one attached hydrogen (secondary N) is 2. The predicted octanol–water partition coefficient (Wildman–Crippen LogP) is 8.68. The van der Waals surface area contributed by atoms with E-state index >= 15 is 4.39 Å². The second-order valence-corrected chi connectivity index (χ2v) is 20.4. The zero-order chi connectivity index (χ0) is 52.9. The third kappa shape index (κ3) is 11.7. The zero-order valence-electron chi connectivity index (χ0n) is 41.4. The van der Waals surface area contributed by atoms with Crippen molar-refractivity contribution in [1.29, 1.82) is 0 Å². The van der Waals surface area contributed by atoms with E-state index in [1.807, 2.05) is 39.0 Å². The molecule has 3 aliphatic rings. The number of fused-ring (bicyclic) bond motifs is 2. The summed E-state index contributed by atoms with van der Waals surface area (Å²) in [5, 5.41) is 8.03. The van der Waals surface area contributed by atoms with Crippen molar-refractivity contribution in [2.24, 2.45) is 0 Å². The number of nitrogens with zero attached hydrogens (tertiary/aromatic N) is 7. The lowest BCUT2D eigenvalue weighted by Gasteiger charge is -2.34. The first kappa shape index (κ1) is 50.8. The van der Waals surface area contributed by atoms with Crippen LogP contribution in [0.15, 0.2) is 139 Å². The van der Waals surface area contributed by atoms with Crippen molar-refractivity contribution in [1.82, 2.24) is 19.9 Å². The van der Waals surface area contributed by atoms with Crippen molar-refractivity contribution in [3.63, 3.8) is 0 Å². The Morgan fingerprint density at radius 2 is 1.09 bits per heavy atom. The van der Waals surface area contributed by atoms with E-state index in [0.29, 0.717) is 121 Å². The number of rotatable bonds is 15. The van der Waals surface area contributed by atoms with Crippen LogP contribution in [-0.2, 0) is 24.0 Å². The van der Waals surface area contributed by atoms with E-state index in [1.165, 1.54) is 30.5 Å². The summed E-state index contributed by atoms with van der Waals surface area (Å²) >= 11 is 0. The number of amides is 2. The summed E-state index contributed by atoms with van der Waals surface area (Å²) in [5.41, 5.74) is 2.20. The number of sulfone groups is 1. The number of halogens is 2. The van der Waals surface area contributed by atoms with Crippen LogP contribution in [0.2, 0.25) is 0 Å². The molecule has 11 rings (SSSR count). The van der Waals surface area contributed by atoms with Crippen LogP contribution in [-0.4, -0.2) is 124 Å². The Hall–Kier alpha value is -8.37. The van der Waals surface area contributed by atoms with Gasteiger partial charge in [-0.25, -0.2) is 27.2 Å². The monoisotopic (exact) mass is 1060 g/mol. The number of carbonyl (C=O) groups is 2. The lowest BCUT2D eigenvalue weighted by molar-refractivity contribution is 0.0389. The molecular formula is C56H51F2N9O9S. The van der Waals surface area contributed by atoms with Gasteiger partial charge in [0.2, 0.25) is 32.7 Å². The van der Waals surface area contributed by atoms with Crippen LogP contribution in [0.4, 0.5) is 37.5 Å². The number of hydrogen-bond acceptors (Lipinski definition) is 16. The van der Waals surface area contributed by atoms with E-state index in [0.717, 1.165) is 11.5 Å². The average molecular weight is 1060 g/mol. The standard InChI is InChI=1S/C56H51F2N9O9S/c57-38-29-36(31-40(33-38)65-18-23-72-24-19-65)53(68)61-48-10-12-50(46-8-4-2-6-44(46)48)76-52-14-17-60-56(64-52)77(70,71)28-15-42-35-67(22-27-74-42)41-32-37(30-39(58)34-41)54(69)62-47-9-11-49(45-7-3-1-5-43(45)47)75-51-13-16-59-55(63-51)66-20-25-73-26-21-66/h1-14,16-17,29-34,42H,15,18-28,35H2,(H,61,68)(H,62,69). The van der Waals surface area contributed by atoms with Crippen LogP contribution >= 0.6 is 0 Å². The number of anilines is 5. The lowest BCUT2D eigenvalue weighted by Crippen LogP contribution is -2.43. The van der Waals surface area contributed by atoms with E-state index in [9.17, 15) is 22.4 Å². The predicted molar refractivity (Wildman–Crippen MR) is 286 cm³/mol. The van der Waals surface area contributed by atoms with Crippen LogP contribution in [0.1, 0.15) is 27.1 Å². The molecule has 1 atom stereocenters. The second kappa shape index (κ2) is 22.5. The molecule has 3 saturated heterocycles. The van der Waals surface area contributed by atoms with Gasteiger partial charge in [-0.15, -0.1) is 0 Å². The van der Waals surface area contributed by atoms with Gasteiger partial charge in [-0.05, 0) is 67.1 Å². The number of aromatic nitrogens is 4. The molecule has 2 amide bonds. The van der Waals surface area contributed by atoms with Gasteiger partial charge in [-0.2, -0.15) is 9.97 Å². The van der Waals surface area contributed by atoms with E-state index in [1.54, 1.807) is 72.9 Å². The molecule has 3 aliphatic heterocycles. The van der Waals surface area contributed by atoms with Crippen LogP contribution in [0, 0.1) is 11.6 Å². The summed E-state index contributed by atoms with van der Waals surface area (Å²) in [7, 11) is -4.07. The van der Waals surface area contributed by atoms with E-state index in [-0.39, 0.29) is 42.3 Å². The maximum absolute atomic E-state index is 15.4. The molecule has 0 bridgehead atoms. The van der Waals surface area contributed by atoms with Gasteiger partial charge in [0.05, 0.1) is 44.9 Å². The highest BCUT2D eigenvalue weighted by Crippen LogP contribution is 2.37. The minimum Gasteiger partial charge on any atom is -0.438 e. The normalized spacial score (nSPS) is 16.1. The molecule has 2 aromatic heterocycles. The third-order valence-corrected chi connectivity index (χ3v) is 14.9. The topological polar surface area (TPSA) is 200 Å². The summed E-state index contributed by atoms with van der Waals surface area (Å²) in [6.07, 6.45) is 2.43. The SMILES string of the molecule is O=C(Nc1ccc(Oc2ccnc(N3CCOCC3)n2)c2ccccc12)c1cc(F)cc(N2CCOC(CCS(=O)(=O)c3nccc(Oc4ccc(NC(=O)c5cc(F)cc(N6CCOCC6)c5)c5ccccc45)n3)C2)c1. The van der Waals surface area contributed by atoms with Crippen LogP contribution in [0.3, 0.4) is 0 Å². The summed E-state index contributed by atoms with van der Waals surface area (Å²) in [4.78, 5) is 50.6. The van der Waals surface area contributed by atoms with E-state index in [2.05, 4.69) is 30.6 Å². The first-order chi connectivity index (χ1) is 37.5. The quantitative estimate of drug-likeness (QED) is 0.0923. The van der Waals surface area contributed by atoms with Gasteiger partial charge in [0.1, 0.15) is 23.1 Å². The van der Waals surface area contributed by atoms with Gasteiger partial charge in [0, 0.05) is 119 Å². The first-order valence-electron chi connectivity index (χ1n) is 25.0. The lowest BCUT2D eigenvalue weighted by atomic mass is 10.1. The average Bonchev–Trinajstić information content (AvgIpc) is 3.48. The van der Waals surface area contributed by atoms with Gasteiger partial charge in [0.25, 0.3) is 11.8 Å². The zero-order valence-corrected chi connectivity index (χ0v) is 42.3. The van der Waals surface area contributed by atoms with Crippen molar-refractivity contribution in [3.8, 4) is 23.3 Å². The molecule has 77 heavy (non-hydrogen) atoms. The fraction of sp³-hybridized carbons (Fsp3) is 0.250. The molecule has 8 aromatic rings. The summed E-state index contributed by atoms with van der Waals surface area (Å²) in [6.45, 7) is 5.50. The highest BCUT2D eigenvalue weighted by molar-refractivity contribution is 7.91. The van der Waals surface area contributed by atoms with Crippen LogP contribution < -0.4 is 34.8 Å². The Balaban J connectivity index is 0.726. The van der Waals surface area contributed by atoms with E-state index < -0.39 is 44.5 Å². The Morgan fingerprint density at radius 3 is 1.68 bits per heavy atom. The molecular weight excluding hydrogens is 1010 g/mol. The number of ether oxygens (including phenoxy) is 5. The number of benzene rings is 6. The van der Waals surface area contributed by atoms with E-state index in [4.69, 9.17) is 23.7 Å². The van der Waals surface area contributed by atoms with Crippen molar-refractivity contribution in [2.45, 2.75) is 17.7 Å². The number of hydrogen-bond donors (Lipinski definition) is 2. The second-order valence-electron chi connectivity index (χ2n) is 18.4. The number of morpholine rings is 3. The van der Waals surface area contributed by atoms with Gasteiger partial charge < -0.3 is 49.0 Å². The molecule has 6 aromatic carbocycles. The van der Waals surface area contributed by atoms with Crippen molar-refractivity contribution < 1.29 is 50.5 Å². The molecule has 21 heteroatoms. The smallest absolute Gasteiger partial charge is 0.255 e. The Kier molecular flexibility index (Phi) is 14.8. The molecule has 18 nitrogen and oxygen atoms in total. The molecule has 1 unspecified atom stereocenters. The molecule has 5 heterocycles. The highest BCUT2D eigenvalue weighted by atomic mass is 32.2. The molecule has 3 fully saturated rings. The van der Waals surface area contributed by atoms with Crippen molar-refractivity contribution >= 4 is 71.9 Å². The van der Waals surface area contributed by atoms with Gasteiger partial charge >= 0.3 is 0 Å². The summed E-state index contributed by atoms with van der Waals surface area (Å²) in [5.74, 6) is -0.838. The Morgan fingerprint density at radius 1 is 0.584 bits per heavy atom. The highest BCUT2D eigenvalue weighted by Gasteiger charge is 2.27. The number of carbonyl (C=O) groups excluding carboxylic acids is 2. The minimum absolute atomic E-state index is 0.0296. The molecule has 0 aliphatic carbocycles. The first-order valence-corrected chi connectivity index (χ1v) is 26.7. The van der Waals surface area contributed by atoms with Gasteiger partial charge in [-0.3, -0.25) is 9.59 Å². The molecule has 0 saturated carbocycles. The maximum atomic E-state index is 15.4. The fourth-order valence-electron chi connectivity index (χ4n) is 9.49. The molecule has 394 valence electrons. The minimum atomic E-state index is -4.07. The molecule has 0 spiro atoms. The third-order valence-electron chi connectivity index (χ3n) is 13.4. The van der Waals surface area contributed by atoms with Crippen LogP contribution in [0.5, 0.6) is 23.3 Å². The van der Waals surface area contributed by atoms with Gasteiger partial charge in [-0.1, -0.05) is 48.5 Å². The fourth-order valence-corrected chi connectivity index (χ4v) is 10.7. The Bertz CT molecular complexity index is 3620. The maximum Gasteiger partial charge on any atom is 0.255 e. The summed E-state index contributed by atoms with van der Waals surface area (Å²) in [6, 6.07) is 32.8. The van der Waals surface area contributed by atoms with Gasteiger partial charge in [0.15, 0.2) is 0 Å². The molecule has 2 N–H and O–H groups in total. The molecule has 0 radical (unpaired) electrons. The largest absolute Gasteiger partial charge is 0.438 e. The van der Waals surface area contributed by atoms with Crippen molar-refractivity contribution in [2.75, 3.05) is 103 Å².